The van der Waals surface area contributed by atoms with E-state index in [1.165, 1.54) is 0 Å². The molecule has 0 aromatic heterocycles. The van der Waals surface area contributed by atoms with Gasteiger partial charge in [0.05, 0.1) is 5.54 Å². The first-order chi connectivity index (χ1) is 12.2. The molecule has 1 spiro atoms. The third-order valence-corrected chi connectivity index (χ3v) is 7.08. The average Bonchev–Trinajstić information content (AvgIpc) is 3.09. The van der Waals surface area contributed by atoms with Gasteiger partial charge in [0.25, 0.3) is 5.91 Å². The van der Waals surface area contributed by atoms with Crippen LogP contribution in [0.5, 0.6) is 0 Å². The van der Waals surface area contributed by atoms with Crippen LogP contribution in [-0.2, 0) is 9.53 Å². The molecule has 1 saturated heterocycles. The zero-order valence-electron chi connectivity index (χ0n) is 15.6. The predicted molar refractivity (Wildman–Crippen MR) is 91.9 cm³/mol. The number of amides is 2. The number of carbonyl (C=O) groups excluding carboxylic acids is 2. The van der Waals surface area contributed by atoms with E-state index in [4.69, 9.17) is 4.74 Å². The Kier molecular flexibility index (Phi) is 4.75. The van der Waals surface area contributed by atoms with Crippen molar-refractivity contribution in [1.29, 1.82) is 0 Å². The molecule has 146 valence electrons. The molecule has 0 aromatic rings. The Balaban J connectivity index is 1.86. The van der Waals surface area contributed by atoms with E-state index in [1.807, 2.05) is 20.8 Å². The minimum atomic E-state index is -1.84. The number of carbonyl (C=O) groups is 2. The summed E-state index contributed by atoms with van der Waals surface area (Å²) in [6.45, 7) is 6.01. The highest BCUT2D eigenvalue weighted by atomic mass is 16.6. The fraction of sp³-hybridized carbons (Fsp3) is 0.889. The zero-order valence-corrected chi connectivity index (χ0v) is 15.6. The van der Waals surface area contributed by atoms with Crippen molar-refractivity contribution in [3.8, 4) is 0 Å². The Morgan fingerprint density at radius 1 is 1.46 bits per heavy atom. The first-order valence-electron chi connectivity index (χ1n) is 9.54. The van der Waals surface area contributed by atoms with Crippen molar-refractivity contribution < 1.29 is 24.4 Å². The molecule has 2 saturated carbocycles. The summed E-state index contributed by atoms with van der Waals surface area (Å²) < 4.78 is 5.45. The molecule has 0 unspecified atom stereocenters. The van der Waals surface area contributed by atoms with E-state index in [2.05, 4.69) is 0 Å². The molecule has 3 rings (SSSR count). The van der Waals surface area contributed by atoms with E-state index < -0.39 is 34.6 Å². The van der Waals surface area contributed by atoms with Crippen molar-refractivity contribution in [2.75, 3.05) is 0 Å². The van der Waals surface area contributed by atoms with E-state index in [-0.39, 0.29) is 17.9 Å². The third-order valence-electron chi connectivity index (χ3n) is 7.08. The van der Waals surface area contributed by atoms with Crippen LogP contribution in [0.4, 0.5) is 4.79 Å². The summed E-state index contributed by atoms with van der Waals surface area (Å²) in [5.41, 5.74) is -1.12. The topological polar surface area (TPSA) is 110 Å². The summed E-state index contributed by atoms with van der Waals surface area (Å²) in [5, 5.41) is 21.9. The lowest BCUT2D eigenvalue weighted by Gasteiger charge is -2.41. The van der Waals surface area contributed by atoms with Crippen LogP contribution in [0.3, 0.4) is 0 Å². The Hall–Kier alpha value is -1.70. The molecule has 3 aliphatic rings. The molecule has 3 fully saturated rings. The highest BCUT2D eigenvalue weighted by molar-refractivity contribution is 5.97. The smallest absolute Gasteiger partial charge is 0.417 e. The maximum Gasteiger partial charge on any atom is 0.417 e. The predicted octanol–water partition coefficient (Wildman–Crippen LogP) is 2.50. The van der Waals surface area contributed by atoms with Gasteiger partial charge >= 0.3 is 6.09 Å². The minimum Gasteiger partial charge on any atom is -0.443 e. The van der Waals surface area contributed by atoms with Gasteiger partial charge in [0, 0.05) is 11.3 Å². The van der Waals surface area contributed by atoms with Gasteiger partial charge in [0.15, 0.2) is 0 Å². The number of fused-ring (bicyclic) bond motifs is 1. The van der Waals surface area contributed by atoms with Crippen molar-refractivity contribution >= 4 is 12.0 Å². The van der Waals surface area contributed by atoms with Crippen LogP contribution < -0.4 is 0 Å². The van der Waals surface area contributed by atoms with Crippen molar-refractivity contribution in [3.05, 3.63) is 10.1 Å². The largest absolute Gasteiger partial charge is 0.443 e. The van der Waals surface area contributed by atoms with Crippen LogP contribution in [0.1, 0.15) is 65.7 Å². The lowest BCUT2D eigenvalue weighted by molar-refractivity contribution is -0.532. The van der Waals surface area contributed by atoms with Crippen LogP contribution >= 0.6 is 0 Å². The molecule has 1 aliphatic heterocycles. The van der Waals surface area contributed by atoms with E-state index in [1.54, 1.807) is 0 Å². The lowest BCUT2D eigenvalue weighted by atomic mass is 9.74. The van der Waals surface area contributed by atoms with Gasteiger partial charge in [0.2, 0.25) is 12.1 Å². The molecule has 2 bridgehead atoms. The molecule has 8 nitrogen and oxygen atoms in total. The summed E-state index contributed by atoms with van der Waals surface area (Å²) in [6.07, 6.45) is 1.55. The van der Waals surface area contributed by atoms with Gasteiger partial charge in [-0.15, -0.1) is 0 Å². The number of hydrogen-bond acceptors (Lipinski definition) is 6. The van der Waals surface area contributed by atoms with Gasteiger partial charge < -0.3 is 9.84 Å². The summed E-state index contributed by atoms with van der Waals surface area (Å²) in [5.74, 6) is -0.546. The van der Waals surface area contributed by atoms with Crippen molar-refractivity contribution in [2.24, 2.45) is 11.3 Å². The zero-order chi connectivity index (χ0) is 19.3. The normalized spacial score (nSPS) is 33.7. The first-order valence-corrected chi connectivity index (χ1v) is 9.54. The Morgan fingerprint density at radius 2 is 2.15 bits per heavy atom. The fourth-order valence-electron chi connectivity index (χ4n) is 5.46. The van der Waals surface area contributed by atoms with Crippen molar-refractivity contribution in [3.63, 3.8) is 0 Å². The monoisotopic (exact) mass is 368 g/mol. The quantitative estimate of drug-likeness (QED) is 0.420. The molecule has 2 amide bonds. The Morgan fingerprint density at radius 3 is 2.73 bits per heavy atom. The Bertz CT molecular complexity index is 621. The summed E-state index contributed by atoms with van der Waals surface area (Å²) in [4.78, 5) is 37.3. The lowest BCUT2D eigenvalue weighted by Crippen LogP contribution is -2.61. The molecule has 26 heavy (non-hydrogen) atoms. The fourth-order valence-corrected chi connectivity index (χ4v) is 5.46. The second kappa shape index (κ2) is 6.48. The summed E-state index contributed by atoms with van der Waals surface area (Å²) in [7, 11) is 0. The summed E-state index contributed by atoms with van der Waals surface area (Å²) >= 11 is 0. The van der Waals surface area contributed by atoms with Crippen molar-refractivity contribution in [2.45, 2.75) is 89.5 Å². The van der Waals surface area contributed by atoms with Crippen LogP contribution in [0.15, 0.2) is 0 Å². The molecule has 2 aliphatic carbocycles. The molecule has 0 radical (unpaired) electrons. The molecule has 8 heteroatoms. The van der Waals surface area contributed by atoms with E-state index in [0.29, 0.717) is 25.2 Å². The molecule has 1 N–H and O–H groups in total. The van der Waals surface area contributed by atoms with Crippen LogP contribution in [-0.4, -0.2) is 50.7 Å². The summed E-state index contributed by atoms with van der Waals surface area (Å²) in [6, 6.07) is -1.40. The molecular weight excluding hydrogens is 340 g/mol. The van der Waals surface area contributed by atoms with Crippen LogP contribution in [0.2, 0.25) is 0 Å². The number of hydrogen-bond donors (Lipinski definition) is 1. The van der Waals surface area contributed by atoms with Gasteiger partial charge in [-0.25, -0.2) is 9.69 Å². The molecule has 0 aromatic carbocycles. The number of aliphatic hydroxyl groups excluding tert-OH is 1. The number of nitro groups is 1. The molecule has 1 heterocycles. The molecular formula is C18H28N2O6. The SMILES string of the molecule is CCCCC[C@H]([C@H](O)C(=O)N1C(=O)O[C@@H]2C[C@H]3CC[C@@]21C3(C)C)[N+](=O)[O-]. The van der Waals surface area contributed by atoms with E-state index >= 15 is 0 Å². The number of ether oxygens (including phenoxy) is 1. The van der Waals surface area contributed by atoms with E-state index in [9.17, 15) is 24.8 Å². The third kappa shape index (κ3) is 2.45. The van der Waals surface area contributed by atoms with Gasteiger partial charge in [-0.3, -0.25) is 14.9 Å². The second-order valence-corrected chi connectivity index (χ2v) is 8.46. The maximum absolute atomic E-state index is 13.0. The van der Waals surface area contributed by atoms with Crippen LogP contribution in [0.25, 0.3) is 0 Å². The van der Waals surface area contributed by atoms with Gasteiger partial charge in [0.1, 0.15) is 6.10 Å². The average molecular weight is 368 g/mol. The minimum absolute atomic E-state index is 0.110. The number of aliphatic hydroxyl groups is 1. The highest BCUT2D eigenvalue weighted by Gasteiger charge is 2.74. The van der Waals surface area contributed by atoms with Gasteiger partial charge in [-0.1, -0.05) is 33.6 Å². The van der Waals surface area contributed by atoms with Crippen LogP contribution in [0, 0.1) is 21.4 Å². The Labute approximate surface area is 153 Å². The standard InChI is InChI=1S/C18H28N2O6/c1-4-5-6-7-12(20(24)25)14(21)15(22)19-16(23)26-13-10-11-8-9-18(13,19)17(11,2)3/h11-14,21H,4-10H2,1-3H3/t11-,12-,13-,14+,18+/m1/s1. The van der Waals surface area contributed by atoms with Gasteiger partial charge in [-0.2, -0.15) is 0 Å². The number of imide groups is 1. The number of unbranched alkanes of at least 4 members (excludes halogenated alkanes) is 2. The second-order valence-electron chi connectivity index (χ2n) is 8.46. The number of rotatable bonds is 7. The van der Waals surface area contributed by atoms with E-state index in [0.717, 1.165) is 24.2 Å². The number of nitrogens with zero attached hydrogens (tertiary/aromatic N) is 2. The molecule has 5 atom stereocenters. The first kappa shape index (κ1) is 19.1. The maximum atomic E-state index is 13.0. The highest BCUT2D eigenvalue weighted by Crippen LogP contribution is 2.65. The van der Waals surface area contributed by atoms with Crippen molar-refractivity contribution in [1.82, 2.24) is 4.90 Å². The van der Waals surface area contributed by atoms with Gasteiger partial charge in [-0.05, 0) is 37.0 Å².